The van der Waals surface area contributed by atoms with Gasteiger partial charge in [0.05, 0.1) is 9.79 Å². The van der Waals surface area contributed by atoms with Crippen molar-refractivity contribution >= 4 is 37.5 Å². The second-order valence-corrected chi connectivity index (χ2v) is 11.4. The van der Waals surface area contributed by atoms with Crippen molar-refractivity contribution in [2.45, 2.75) is 35.5 Å². The molecule has 11 heteroatoms. The molecule has 0 aromatic heterocycles. The minimum atomic E-state index is -3.83. The fourth-order valence-corrected chi connectivity index (χ4v) is 5.14. The van der Waals surface area contributed by atoms with Gasteiger partial charge in [-0.25, -0.2) is 21.1 Å². The summed E-state index contributed by atoms with van der Waals surface area (Å²) in [5.41, 5.74) is 0.535. The number of amidine groups is 1. The molecular weight excluding hydrogens is 452 g/mol. The Bertz CT molecular complexity index is 1220. The monoisotopic (exact) mass is 478 g/mol. The number of carbonyl (C=O) groups is 1. The second kappa shape index (κ2) is 9.80. The summed E-state index contributed by atoms with van der Waals surface area (Å²) in [6.45, 7) is 0.600. The summed E-state index contributed by atoms with van der Waals surface area (Å²) in [5, 5.41) is 2.64. The quantitative estimate of drug-likeness (QED) is 0.660. The molecule has 1 amide bonds. The Labute approximate surface area is 188 Å². The van der Waals surface area contributed by atoms with Crippen molar-refractivity contribution in [1.29, 1.82) is 0 Å². The molecule has 3 rings (SSSR count). The lowest BCUT2D eigenvalue weighted by Crippen LogP contribution is -2.30. The van der Waals surface area contributed by atoms with E-state index in [1.807, 2.05) is 0 Å². The predicted molar refractivity (Wildman–Crippen MR) is 123 cm³/mol. The third-order valence-electron chi connectivity index (χ3n) is 4.92. The highest BCUT2D eigenvalue weighted by Crippen LogP contribution is 2.19. The third-order valence-corrected chi connectivity index (χ3v) is 8.13. The number of nitrogens with one attached hydrogen (secondary N) is 2. The van der Waals surface area contributed by atoms with Gasteiger partial charge in [-0.3, -0.25) is 14.5 Å². The number of amides is 1. The van der Waals surface area contributed by atoms with Gasteiger partial charge in [0.25, 0.3) is 15.9 Å². The molecule has 0 bridgehead atoms. The highest BCUT2D eigenvalue weighted by atomic mass is 32.2. The number of hydrogen-bond acceptors (Lipinski definition) is 6. The van der Waals surface area contributed by atoms with Gasteiger partial charge >= 0.3 is 0 Å². The molecule has 0 aliphatic carbocycles. The van der Waals surface area contributed by atoms with Crippen molar-refractivity contribution in [1.82, 2.24) is 9.03 Å². The van der Waals surface area contributed by atoms with E-state index in [-0.39, 0.29) is 15.4 Å². The molecule has 9 nitrogen and oxygen atoms in total. The fraction of sp³-hybridized carbons (Fsp3) is 0.333. The van der Waals surface area contributed by atoms with Crippen LogP contribution >= 0.6 is 0 Å². The van der Waals surface area contributed by atoms with Crippen LogP contribution in [0.4, 0.5) is 5.69 Å². The molecule has 1 aliphatic heterocycles. The summed E-state index contributed by atoms with van der Waals surface area (Å²) in [7, 11) is -4.58. The van der Waals surface area contributed by atoms with Crippen molar-refractivity contribution in [2.24, 2.45) is 4.99 Å². The molecule has 0 saturated heterocycles. The van der Waals surface area contributed by atoms with Gasteiger partial charge < -0.3 is 5.32 Å². The highest BCUT2D eigenvalue weighted by molar-refractivity contribution is 7.90. The first-order chi connectivity index (χ1) is 15.1. The van der Waals surface area contributed by atoms with Crippen molar-refractivity contribution in [3.8, 4) is 0 Å². The van der Waals surface area contributed by atoms with E-state index in [0.29, 0.717) is 24.5 Å². The van der Waals surface area contributed by atoms with E-state index in [1.165, 1.54) is 56.6 Å². The Morgan fingerprint density at radius 2 is 1.66 bits per heavy atom. The van der Waals surface area contributed by atoms with E-state index >= 15 is 0 Å². The van der Waals surface area contributed by atoms with Gasteiger partial charge in [0.15, 0.2) is 0 Å². The van der Waals surface area contributed by atoms with Crippen molar-refractivity contribution < 1.29 is 21.6 Å². The number of sulfonamides is 2. The lowest BCUT2D eigenvalue weighted by atomic mass is 10.2. The largest absolute Gasteiger partial charge is 0.322 e. The van der Waals surface area contributed by atoms with Crippen LogP contribution in [0, 0.1) is 0 Å². The van der Waals surface area contributed by atoms with Gasteiger partial charge in [-0.05, 0) is 55.3 Å². The first kappa shape index (κ1) is 23.9. The molecule has 1 heterocycles. The number of nitrogens with zero attached hydrogens (tertiary/aromatic N) is 2. The zero-order valence-electron chi connectivity index (χ0n) is 17.9. The number of benzene rings is 2. The summed E-state index contributed by atoms with van der Waals surface area (Å²) < 4.78 is 53.4. The number of aliphatic imine (C=N–C) groups is 1. The van der Waals surface area contributed by atoms with Gasteiger partial charge in [-0.1, -0.05) is 12.5 Å². The van der Waals surface area contributed by atoms with E-state index in [4.69, 9.17) is 0 Å². The van der Waals surface area contributed by atoms with Gasteiger partial charge in [-0.2, -0.15) is 0 Å². The van der Waals surface area contributed by atoms with Gasteiger partial charge in [0, 0.05) is 38.3 Å². The van der Waals surface area contributed by atoms with Crippen LogP contribution < -0.4 is 10.0 Å². The molecule has 0 unspecified atom stereocenters. The van der Waals surface area contributed by atoms with Crippen molar-refractivity contribution in [3.05, 3.63) is 54.1 Å². The Hall–Kier alpha value is -2.76. The molecule has 2 N–H and O–H groups in total. The van der Waals surface area contributed by atoms with E-state index in [9.17, 15) is 21.6 Å². The summed E-state index contributed by atoms with van der Waals surface area (Å²) in [4.78, 5) is 16.9. The first-order valence-electron chi connectivity index (χ1n) is 10.1. The minimum absolute atomic E-state index is 0.00895. The second-order valence-electron chi connectivity index (χ2n) is 7.54. The maximum Gasteiger partial charge on any atom is 0.262 e. The van der Waals surface area contributed by atoms with E-state index in [2.05, 4.69) is 15.0 Å². The van der Waals surface area contributed by atoms with E-state index in [1.54, 1.807) is 6.07 Å². The van der Waals surface area contributed by atoms with Crippen LogP contribution in [-0.4, -0.2) is 53.5 Å². The molecule has 0 atom stereocenters. The molecule has 0 radical (unpaired) electrons. The third kappa shape index (κ3) is 5.72. The Balaban J connectivity index is 1.74. The minimum Gasteiger partial charge on any atom is -0.322 e. The van der Waals surface area contributed by atoms with Crippen LogP contribution in [0.1, 0.15) is 36.0 Å². The highest BCUT2D eigenvalue weighted by Gasteiger charge is 2.19. The Kier molecular flexibility index (Phi) is 7.32. The van der Waals surface area contributed by atoms with Crippen LogP contribution in [0.2, 0.25) is 0 Å². The average molecular weight is 479 g/mol. The lowest BCUT2D eigenvalue weighted by molar-refractivity contribution is 0.102. The van der Waals surface area contributed by atoms with E-state index in [0.717, 1.165) is 23.6 Å². The average Bonchev–Trinajstić information content (AvgIpc) is 3.02. The maximum absolute atomic E-state index is 12.7. The molecule has 172 valence electrons. The van der Waals surface area contributed by atoms with Gasteiger partial charge in [-0.15, -0.1) is 0 Å². The molecule has 2 aromatic rings. The molecule has 0 spiro atoms. The van der Waals surface area contributed by atoms with Crippen LogP contribution in [0.3, 0.4) is 0 Å². The van der Waals surface area contributed by atoms with Gasteiger partial charge in [0.1, 0.15) is 5.84 Å². The van der Waals surface area contributed by atoms with Crippen LogP contribution in [0.25, 0.3) is 0 Å². The summed E-state index contributed by atoms with van der Waals surface area (Å²) >= 11 is 0. The Morgan fingerprint density at radius 3 is 2.34 bits per heavy atom. The first-order valence-corrected chi connectivity index (χ1v) is 13.0. The molecular formula is C21H26N4O5S2. The van der Waals surface area contributed by atoms with Crippen LogP contribution in [0.5, 0.6) is 0 Å². The smallest absolute Gasteiger partial charge is 0.262 e. The molecule has 32 heavy (non-hydrogen) atoms. The normalized spacial score (nSPS) is 15.0. The predicted octanol–water partition coefficient (Wildman–Crippen LogP) is 2.44. The standard InChI is InChI=1S/C21H26N4O5S2/c1-25(2)32(29,30)18-12-10-16(11-13-18)21(26)23-17-7-6-8-19(15-17)31(27,28)24-20-9-4-3-5-14-22-20/h6-8,10-13,15H,3-5,9,14H2,1-2H3,(H,22,24)(H,23,26). The Morgan fingerprint density at radius 1 is 0.938 bits per heavy atom. The number of anilines is 1. The summed E-state index contributed by atoms with van der Waals surface area (Å²) in [6, 6.07) is 11.4. The topological polar surface area (TPSA) is 125 Å². The lowest BCUT2D eigenvalue weighted by Gasteiger charge is -2.12. The number of carbonyl (C=O) groups excluding carboxylic acids is 1. The SMILES string of the molecule is CN(C)S(=O)(=O)c1ccc(C(=O)Nc2cccc(S(=O)(=O)NC3=NCCCCC3)c2)cc1. The zero-order chi connectivity index (χ0) is 23.4. The molecule has 0 fully saturated rings. The fourth-order valence-electron chi connectivity index (χ4n) is 3.10. The van der Waals surface area contributed by atoms with Gasteiger partial charge in [0.2, 0.25) is 10.0 Å². The summed E-state index contributed by atoms with van der Waals surface area (Å²) in [6.07, 6.45) is 3.41. The molecule has 2 aromatic carbocycles. The number of rotatable bonds is 6. The van der Waals surface area contributed by atoms with Crippen LogP contribution in [-0.2, 0) is 20.0 Å². The van der Waals surface area contributed by atoms with Crippen molar-refractivity contribution in [3.63, 3.8) is 0 Å². The van der Waals surface area contributed by atoms with Crippen LogP contribution in [0.15, 0.2) is 63.3 Å². The zero-order valence-corrected chi connectivity index (χ0v) is 19.5. The summed E-state index contributed by atoms with van der Waals surface area (Å²) in [5.74, 6) is -0.0424. The molecule has 0 saturated carbocycles. The maximum atomic E-state index is 12.7. The van der Waals surface area contributed by atoms with Crippen molar-refractivity contribution in [2.75, 3.05) is 26.0 Å². The number of hydrogen-bond donors (Lipinski definition) is 2. The van der Waals surface area contributed by atoms with E-state index < -0.39 is 26.0 Å². The molecule has 1 aliphatic rings.